The van der Waals surface area contributed by atoms with Crippen molar-refractivity contribution in [3.8, 4) is 34.1 Å². The molecular weight excluding hydrogens is 358 g/mol. The normalized spacial score (nSPS) is 11.1. The molecule has 4 aromatic rings. The smallest absolute Gasteiger partial charge is 0.185 e. The lowest BCUT2D eigenvalue weighted by Crippen LogP contribution is -2.01. The first-order valence-electron chi connectivity index (χ1n) is 7.84. The van der Waals surface area contributed by atoms with Gasteiger partial charge in [-0.2, -0.15) is 10.2 Å². The number of aromatic nitrogens is 6. The van der Waals surface area contributed by atoms with Crippen LogP contribution in [0, 0.1) is 11.6 Å². The fourth-order valence-corrected chi connectivity index (χ4v) is 2.78. The molecule has 0 unspecified atom stereocenters. The van der Waals surface area contributed by atoms with Gasteiger partial charge in [-0.3, -0.25) is 9.78 Å². The van der Waals surface area contributed by atoms with Crippen molar-refractivity contribution in [2.45, 2.75) is 0 Å². The van der Waals surface area contributed by atoms with Crippen molar-refractivity contribution < 1.29 is 18.3 Å². The van der Waals surface area contributed by atoms with Crippen molar-refractivity contribution in [3.05, 3.63) is 36.3 Å². The summed E-state index contributed by atoms with van der Waals surface area (Å²) in [7, 11) is 4.34. The maximum absolute atomic E-state index is 14.7. The zero-order valence-corrected chi connectivity index (χ0v) is 14.6. The van der Waals surface area contributed by atoms with E-state index in [0.29, 0.717) is 11.1 Å². The zero-order chi connectivity index (χ0) is 19.1. The van der Waals surface area contributed by atoms with E-state index in [2.05, 4.69) is 25.3 Å². The van der Waals surface area contributed by atoms with Gasteiger partial charge in [0.2, 0.25) is 0 Å². The third-order valence-corrected chi connectivity index (χ3v) is 4.10. The first kappa shape index (κ1) is 16.9. The van der Waals surface area contributed by atoms with Crippen molar-refractivity contribution in [3.63, 3.8) is 0 Å². The highest BCUT2D eigenvalue weighted by Gasteiger charge is 2.24. The molecule has 0 aliphatic rings. The summed E-state index contributed by atoms with van der Waals surface area (Å²) in [4.78, 5) is 8.32. The van der Waals surface area contributed by atoms with Crippen molar-refractivity contribution in [1.29, 1.82) is 0 Å². The summed E-state index contributed by atoms with van der Waals surface area (Å²) in [5, 5.41) is 11.7. The van der Waals surface area contributed by atoms with Gasteiger partial charge in [-0.25, -0.2) is 18.7 Å². The number of rotatable bonds is 4. The number of hydrogen-bond donors (Lipinski definition) is 1. The van der Waals surface area contributed by atoms with Gasteiger partial charge in [-0.05, 0) is 0 Å². The van der Waals surface area contributed by atoms with E-state index >= 15 is 0 Å². The lowest BCUT2D eigenvalue weighted by molar-refractivity contribution is 0.359. The molecule has 0 amide bonds. The number of H-pyrrole nitrogens is 1. The molecule has 27 heavy (non-hydrogen) atoms. The highest BCUT2D eigenvalue weighted by molar-refractivity contribution is 5.90. The van der Waals surface area contributed by atoms with Gasteiger partial charge in [0.15, 0.2) is 34.6 Å². The Bertz CT molecular complexity index is 1130. The molecule has 10 heteroatoms. The second kappa shape index (κ2) is 6.31. The molecule has 1 aromatic carbocycles. The minimum atomic E-state index is -0.918. The van der Waals surface area contributed by atoms with Crippen LogP contribution in [0.2, 0.25) is 0 Å². The fourth-order valence-electron chi connectivity index (χ4n) is 2.78. The zero-order valence-electron chi connectivity index (χ0n) is 14.6. The number of halogens is 2. The number of aryl methyl sites for hydroxylation is 1. The van der Waals surface area contributed by atoms with E-state index in [1.807, 2.05) is 0 Å². The third-order valence-electron chi connectivity index (χ3n) is 4.10. The molecule has 138 valence electrons. The first-order valence-corrected chi connectivity index (χ1v) is 7.84. The number of hydrogen-bond acceptors (Lipinski definition) is 6. The van der Waals surface area contributed by atoms with Crippen molar-refractivity contribution in [2.75, 3.05) is 14.2 Å². The number of fused-ring (bicyclic) bond motifs is 1. The van der Waals surface area contributed by atoms with Crippen LogP contribution in [0.15, 0.2) is 24.7 Å². The fraction of sp³-hybridized carbons (Fsp3) is 0.176. The SMILES string of the molecule is COc1cc(OC)c(F)c(-c2ncc3c(-c4cnn(C)c4)[nH]nc3n2)c1F. The van der Waals surface area contributed by atoms with Gasteiger partial charge < -0.3 is 9.47 Å². The van der Waals surface area contributed by atoms with Crippen molar-refractivity contribution in [2.24, 2.45) is 7.05 Å². The summed E-state index contributed by atoms with van der Waals surface area (Å²) in [6.45, 7) is 0. The molecule has 0 aliphatic carbocycles. The summed E-state index contributed by atoms with van der Waals surface area (Å²) in [6, 6.07) is 1.13. The summed E-state index contributed by atoms with van der Waals surface area (Å²) in [6.07, 6.45) is 4.91. The molecule has 1 N–H and O–H groups in total. The van der Waals surface area contributed by atoms with E-state index < -0.39 is 17.2 Å². The Morgan fingerprint density at radius 2 is 1.78 bits per heavy atom. The molecule has 8 nitrogen and oxygen atoms in total. The van der Waals surface area contributed by atoms with Crippen LogP contribution in [0.1, 0.15) is 0 Å². The molecule has 0 spiro atoms. The van der Waals surface area contributed by atoms with E-state index in [-0.39, 0.29) is 23.0 Å². The van der Waals surface area contributed by atoms with Crippen LogP contribution in [-0.2, 0) is 7.05 Å². The average molecular weight is 372 g/mol. The Hall–Kier alpha value is -3.56. The molecule has 0 aliphatic heterocycles. The van der Waals surface area contributed by atoms with Gasteiger partial charge >= 0.3 is 0 Å². The highest BCUT2D eigenvalue weighted by atomic mass is 19.1. The predicted octanol–water partition coefficient (Wildman–Crippen LogP) is 2.72. The Balaban J connectivity index is 1.89. The molecule has 3 aromatic heterocycles. The molecule has 3 heterocycles. The van der Waals surface area contributed by atoms with E-state index in [1.165, 1.54) is 20.4 Å². The van der Waals surface area contributed by atoms with Crippen LogP contribution in [0.4, 0.5) is 8.78 Å². The monoisotopic (exact) mass is 372 g/mol. The lowest BCUT2D eigenvalue weighted by Gasteiger charge is -2.11. The highest BCUT2D eigenvalue weighted by Crippen LogP contribution is 2.36. The first-order chi connectivity index (χ1) is 13.0. The average Bonchev–Trinajstić information content (AvgIpc) is 3.27. The summed E-state index contributed by atoms with van der Waals surface area (Å²) >= 11 is 0. The molecule has 0 fully saturated rings. The largest absolute Gasteiger partial charge is 0.494 e. The molecule has 4 rings (SSSR count). The molecular formula is C17H14F2N6O2. The molecule has 0 saturated carbocycles. The second-order valence-corrected chi connectivity index (χ2v) is 5.72. The van der Waals surface area contributed by atoms with Gasteiger partial charge in [-0.15, -0.1) is 0 Å². The minimum Gasteiger partial charge on any atom is -0.494 e. The Kier molecular flexibility index (Phi) is 3.94. The van der Waals surface area contributed by atoms with Crippen molar-refractivity contribution >= 4 is 11.0 Å². The summed E-state index contributed by atoms with van der Waals surface area (Å²) < 4.78 is 40.9. The lowest BCUT2D eigenvalue weighted by atomic mass is 10.1. The molecule has 0 atom stereocenters. The standard InChI is InChI=1S/C17H14F2N6O2/c1-25-7-8(5-21-25)15-9-6-20-17(22-16(9)24-23-15)12-13(18)10(26-2)4-11(27-3)14(12)19/h4-7H,1-3H3,(H,20,22,23,24). The maximum Gasteiger partial charge on any atom is 0.185 e. The molecule has 0 radical (unpaired) electrons. The van der Waals surface area contributed by atoms with E-state index in [9.17, 15) is 8.78 Å². The molecule has 0 saturated heterocycles. The van der Waals surface area contributed by atoms with E-state index in [0.717, 1.165) is 11.6 Å². The van der Waals surface area contributed by atoms with Gasteiger partial charge in [0, 0.05) is 31.1 Å². The van der Waals surface area contributed by atoms with Crippen LogP contribution in [0.5, 0.6) is 11.5 Å². The van der Waals surface area contributed by atoms with Crippen LogP contribution >= 0.6 is 0 Å². The van der Waals surface area contributed by atoms with Crippen LogP contribution in [0.3, 0.4) is 0 Å². The maximum atomic E-state index is 14.7. The Morgan fingerprint density at radius 3 is 2.37 bits per heavy atom. The summed E-state index contributed by atoms with van der Waals surface area (Å²) in [5.74, 6) is -2.36. The van der Waals surface area contributed by atoms with Gasteiger partial charge in [-0.1, -0.05) is 0 Å². The predicted molar refractivity (Wildman–Crippen MR) is 92.3 cm³/mol. The Labute approximate surface area is 151 Å². The van der Waals surface area contributed by atoms with Crippen LogP contribution < -0.4 is 9.47 Å². The Morgan fingerprint density at radius 1 is 1.07 bits per heavy atom. The van der Waals surface area contributed by atoms with Crippen molar-refractivity contribution in [1.82, 2.24) is 29.9 Å². The summed E-state index contributed by atoms with van der Waals surface area (Å²) in [5.41, 5.74) is 1.27. The van der Waals surface area contributed by atoms with Gasteiger partial charge in [0.05, 0.1) is 37.1 Å². The van der Waals surface area contributed by atoms with E-state index in [1.54, 1.807) is 24.1 Å². The number of nitrogens with one attached hydrogen (secondary N) is 1. The topological polar surface area (TPSA) is 90.7 Å². The second-order valence-electron chi connectivity index (χ2n) is 5.72. The number of benzene rings is 1. The number of aromatic amines is 1. The van der Waals surface area contributed by atoms with Gasteiger partial charge in [0.25, 0.3) is 0 Å². The number of ether oxygens (including phenoxy) is 2. The third kappa shape index (κ3) is 2.65. The quantitative estimate of drug-likeness (QED) is 0.592. The van der Waals surface area contributed by atoms with E-state index in [4.69, 9.17) is 9.47 Å². The van der Waals surface area contributed by atoms with Gasteiger partial charge in [0.1, 0.15) is 0 Å². The number of nitrogens with zero attached hydrogens (tertiary/aromatic N) is 5. The minimum absolute atomic E-state index is 0.168. The van der Waals surface area contributed by atoms with Crippen LogP contribution in [-0.4, -0.2) is 44.2 Å². The van der Waals surface area contributed by atoms with Crippen LogP contribution in [0.25, 0.3) is 33.7 Å². The number of methoxy groups -OCH3 is 2. The molecule has 0 bridgehead atoms.